The molecule has 2 aromatic rings. The normalized spacial score (nSPS) is 10.2. The van der Waals surface area contributed by atoms with Crippen molar-refractivity contribution in [3.8, 4) is 0 Å². The molecule has 0 N–H and O–H groups in total. The second-order valence-electron chi connectivity index (χ2n) is 5.02. The Morgan fingerprint density at radius 3 is 2.00 bits per heavy atom. The summed E-state index contributed by atoms with van der Waals surface area (Å²) in [6, 6.07) is 11.5. The molecule has 0 atom stereocenters. The maximum atomic E-state index is 11.0. The van der Waals surface area contributed by atoms with Crippen LogP contribution in [0, 0.1) is 5.21 Å². The standard InChI is InChI=1S/C8H11NO.C8H11N/c1-7(2)8-5-3-4-6-9(8)10;1-7(2)8-5-3-4-6-9-8/h3-7H,1-2H3;3-7H,1-2H3. The van der Waals surface area contributed by atoms with E-state index < -0.39 is 0 Å². The van der Waals surface area contributed by atoms with Crippen LogP contribution in [0.25, 0.3) is 0 Å². The molecule has 0 saturated heterocycles. The van der Waals surface area contributed by atoms with Crippen molar-refractivity contribution in [3.05, 3.63) is 65.4 Å². The Labute approximate surface area is 115 Å². The third-order valence-electron chi connectivity index (χ3n) is 2.72. The van der Waals surface area contributed by atoms with E-state index in [1.807, 2.05) is 50.4 Å². The molecular formula is C16H22N2O. The molecule has 2 rings (SSSR count). The lowest BCUT2D eigenvalue weighted by molar-refractivity contribution is -0.615. The summed E-state index contributed by atoms with van der Waals surface area (Å²) in [5, 5.41) is 11.0. The van der Waals surface area contributed by atoms with E-state index in [0.717, 1.165) is 16.1 Å². The average molecular weight is 258 g/mol. The number of aromatic nitrogens is 2. The van der Waals surface area contributed by atoms with Crippen LogP contribution in [0.3, 0.4) is 0 Å². The quantitative estimate of drug-likeness (QED) is 0.609. The first-order valence-corrected chi connectivity index (χ1v) is 6.61. The fourth-order valence-corrected chi connectivity index (χ4v) is 1.61. The summed E-state index contributed by atoms with van der Waals surface area (Å²) < 4.78 is 0.907. The Kier molecular flexibility index (Phi) is 6.00. The predicted molar refractivity (Wildman–Crippen MR) is 77.8 cm³/mol. The number of hydrogen-bond acceptors (Lipinski definition) is 2. The Morgan fingerprint density at radius 1 is 0.947 bits per heavy atom. The van der Waals surface area contributed by atoms with Crippen molar-refractivity contribution >= 4 is 0 Å². The monoisotopic (exact) mass is 258 g/mol. The van der Waals surface area contributed by atoms with Crippen LogP contribution in [0.1, 0.15) is 50.9 Å². The average Bonchev–Trinajstić information content (AvgIpc) is 2.40. The molecule has 0 aromatic carbocycles. The third kappa shape index (κ3) is 5.08. The fraction of sp³-hybridized carbons (Fsp3) is 0.375. The molecule has 102 valence electrons. The second kappa shape index (κ2) is 7.52. The van der Waals surface area contributed by atoms with Gasteiger partial charge in [0.1, 0.15) is 0 Å². The van der Waals surface area contributed by atoms with Gasteiger partial charge in [-0.3, -0.25) is 4.98 Å². The van der Waals surface area contributed by atoms with Crippen molar-refractivity contribution < 1.29 is 4.73 Å². The van der Waals surface area contributed by atoms with Gasteiger partial charge in [0.15, 0.2) is 11.9 Å². The van der Waals surface area contributed by atoms with Gasteiger partial charge in [-0.05, 0) is 18.1 Å². The zero-order valence-corrected chi connectivity index (χ0v) is 12.1. The van der Waals surface area contributed by atoms with Crippen molar-refractivity contribution in [1.29, 1.82) is 0 Å². The lowest BCUT2D eigenvalue weighted by Gasteiger charge is -2.04. The zero-order valence-electron chi connectivity index (χ0n) is 12.1. The summed E-state index contributed by atoms with van der Waals surface area (Å²) in [5.41, 5.74) is 1.99. The first kappa shape index (κ1) is 15.2. The van der Waals surface area contributed by atoms with Crippen LogP contribution >= 0.6 is 0 Å². The number of pyridine rings is 2. The minimum atomic E-state index is 0.304. The van der Waals surface area contributed by atoms with Crippen LogP contribution in [0.4, 0.5) is 0 Å². The smallest absolute Gasteiger partial charge is 0.195 e. The topological polar surface area (TPSA) is 39.8 Å². The molecule has 0 unspecified atom stereocenters. The molecule has 0 amide bonds. The summed E-state index contributed by atoms with van der Waals surface area (Å²) in [4.78, 5) is 4.18. The molecule has 0 aliphatic rings. The van der Waals surface area contributed by atoms with Gasteiger partial charge in [0.2, 0.25) is 0 Å². The van der Waals surface area contributed by atoms with Crippen LogP contribution < -0.4 is 4.73 Å². The largest absolute Gasteiger partial charge is 0.618 e. The van der Waals surface area contributed by atoms with Crippen molar-refractivity contribution in [3.63, 3.8) is 0 Å². The van der Waals surface area contributed by atoms with Crippen molar-refractivity contribution in [2.75, 3.05) is 0 Å². The Bertz CT molecular complexity index is 481. The molecule has 0 aliphatic heterocycles. The van der Waals surface area contributed by atoms with Crippen LogP contribution in [0.15, 0.2) is 48.8 Å². The SMILES string of the molecule is CC(C)c1cccc[n+]1[O-].CC(C)c1ccccn1. The van der Waals surface area contributed by atoms with Crippen LogP contribution in [0.2, 0.25) is 0 Å². The van der Waals surface area contributed by atoms with Crippen LogP contribution in [0.5, 0.6) is 0 Å². The highest BCUT2D eigenvalue weighted by molar-refractivity contribution is 5.06. The highest BCUT2D eigenvalue weighted by Crippen LogP contribution is 2.08. The zero-order chi connectivity index (χ0) is 14.3. The van der Waals surface area contributed by atoms with Gasteiger partial charge in [-0.25, -0.2) is 0 Å². The molecule has 2 heterocycles. The van der Waals surface area contributed by atoms with Gasteiger partial charge < -0.3 is 5.21 Å². The summed E-state index contributed by atoms with van der Waals surface area (Å²) in [7, 11) is 0. The van der Waals surface area contributed by atoms with Gasteiger partial charge in [-0.15, -0.1) is 0 Å². The van der Waals surface area contributed by atoms with Crippen LogP contribution in [-0.4, -0.2) is 4.98 Å². The summed E-state index contributed by atoms with van der Waals surface area (Å²) in [5.74, 6) is 0.852. The Hall–Kier alpha value is -1.90. The molecule has 0 fully saturated rings. The van der Waals surface area contributed by atoms with Gasteiger partial charge in [-0.1, -0.05) is 39.8 Å². The van der Waals surface area contributed by atoms with E-state index in [4.69, 9.17) is 0 Å². The molecule has 0 spiro atoms. The van der Waals surface area contributed by atoms with Crippen molar-refractivity contribution in [1.82, 2.24) is 4.98 Å². The van der Waals surface area contributed by atoms with Gasteiger partial charge in [0.05, 0.1) is 0 Å². The van der Waals surface area contributed by atoms with E-state index in [1.54, 1.807) is 6.07 Å². The third-order valence-corrected chi connectivity index (χ3v) is 2.72. The van der Waals surface area contributed by atoms with Crippen molar-refractivity contribution in [2.45, 2.75) is 39.5 Å². The molecule has 19 heavy (non-hydrogen) atoms. The summed E-state index contributed by atoms with van der Waals surface area (Å²) in [6.45, 7) is 8.29. The molecular weight excluding hydrogens is 236 g/mol. The lowest BCUT2D eigenvalue weighted by atomic mass is 10.1. The molecule has 0 bridgehead atoms. The lowest BCUT2D eigenvalue weighted by Crippen LogP contribution is -2.31. The Morgan fingerprint density at radius 2 is 1.63 bits per heavy atom. The predicted octanol–water partition coefficient (Wildman–Crippen LogP) is 3.65. The van der Waals surface area contributed by atoms with E-state index in [9.17, 15) is 5.21 Å². The summed E-state index contributed by atoms with van der Waals surface area (Å²) >= 11 is 0. The highest BCUT2D eigenvalue weighted by Gasteiger charge is 2.06. The number of hydrogen-bond donors (Lipinski definition) is 0. The van der Waals surface area contributed by atoms with Crippen LogP contribution in [-0.2, 0) is 0 Å². The first-order valence-electron chi connectivity index (χ1n) is 6.61. The van der Waals surface area contributed by atoms with Gasteiger partial charge in [-0.2, -0.15) is 4.73 Å². The second-order valence-corrected chi connectivity index (χ2v) is 5.02. The van der Waals surface area contributed by atoms with Gasteiger partial charge >= 0.3 is 0 Å². The molecule has 0 radical (unpaired) electrons. The van der Waals surface area contributed by atoms with Crippen molar-refractivity contribution in [2.24, 2.45) is 0 Å². The van der Waals surface area contributed by atoms with Gasteiger partial charge in [0, 0.05) is 29.9 Å². The molecule has 3 heteroatoms. The minimum Gasteiger partial charge on any atom is -0.618 e. The molecule has 2 aromatic heterocycles. The maximum Gasteiger partial charge on any atom is 0.195 e. The minimum absolute atomic E-state index is 0.304. The fourth-order valence-electron chi connectivity index (χ4n) is 1.61. The van der Waals surface area contributed by atoms with E-state index >= 15 is 0 Å². The highest BCUT2D eigenvalue weighted by atomic mass is 16.5. The Balaban J connectivity index is 0.000000191. The number of rotatable bonds is 2. The van der Waals surface area contributed by atoms with Gasteiger partial charge in [0.25, 0.3) is 0 Å². The molecule has 0 saturated carbocycles. The van der Waals surface area contributed by atoms with E-state index in [-0.39, 0.29) is 0 Å². The van der Waals surface area contributed by atoms with E-state index in [0.29, 0.717) is 11.8 Å². The number of nitrogens with zero attached hydrogens (tertiary/aromatic N) is 2. The first-order chi connectivity index (χ1) is 9.02. The molecule has 0 aliphatic carbocycles. The summed E-state index contributed by atoms with van der Waals surface area (Å²) in [6.07, 6.45) is 3.35. The van der Waals surface area contributed by atoms with E-state index in [1.165, 1.54) is 6.20 Å². The van der Waals surface area contributed by atoms with E-state index in [2.05, 4.69) is 18.8 Å². The maximum absolute atomic E-state index is 11.0. The molecule has 3 nitrogen and oxygen atoms in total.